The minimum atomic E-state index is -3.63. The van der Waals surface area contributed by atoms with Crippen LogP contribution >= 0.6 is 0 Å². The molecule has 1 atom stereocenters. The fraction of sp³-hybridized carbons (Fsp3) is 0.667. The molecule has 2 saturated heterocycles. The van der Waals surface area contributed by atoms with Crippen LogP contribution < -0.4 is 15.2 Å². The van der Waals surface area contributed by atoms with Gasteiger partial charge in [0.05, 0.1) is 31.1 Å². The lowest BCUT2D eigenvalue weighted by molar-refractivity contribution is 0.0462. The van der Waals surface area contributed by atoms with Gasteiger partial charge in [0.2, 0.25) is 15.9 Å². The van der Waals surface area contributed by atoms with Crippen molar-refractivity contribution in [2.75, 3.05) is 53.9 Å². The van der Waals surface area contributed by atoms with Crippen molar-refractivity contribution in [1.82, 2.24) is 24.1 Å². The zero-order chi connectivity index (χ0) is 29.8. The summed E-state index contributed by atoms with van der Waals surface area (Å²) >= 11 is 0. The van der Waals surface area contributed by atoms with Gasteiger partial charge in [-0.15, -0.1) is 0 Å². The number of nitrogens with two attached hydrogens (primary N) is 1. The third-order valence-corrected chi connectivity index (χ3v) is 11.0. The molecule has 0 spiro atoms. The second-order valence-electron chi connectivity index (χ2n) is 11.9. The van der Waals surface area contributed by atoms with Crippen LogP contribution in [0.5, 0.6) is 11.6 Å². The summed E-state index contributed by atoms with van der Waals surface area (Å²) in [5.74, 6) is 1.62. The van der Waals surface area contributed by atoms with Gasteiger partial charge in [-0.25, -0.2) is 13.4 Å². The minimum Gasteiger partial charge on any atom is -0.497 e. The number of rotatable bonds is 13. The van der Waals surface area contributed by atoms with Gasteiger partial charge in [-0.3, -0.25) is 0 Å². The fourth-order valence-electron chi connectivity index (χ4n) is 6.08. The molecule has 10 nitrogen and oxygen atoms in total. The zero-order valence-electron chi connectivity index (χ0n) is 25.6. The van der Waals surface area contributed by atoms with E-state index in [0.29, 0.717) is 39.0 Å². The Balaban J connectivity index is 1.28. The largest absolute Gasteiger partial charge is 0.497 e. The predicted octanol–water partition coefficient (Wildman–Crippen LogP) is 3.53. The summed E-state index contributed by atoms with van der Waals surface area (Å²) in [6, 6.07) is 4.90. The normalized spacial score (nSPS) is 19.2. The van der Waals surface area contributed by atoms with E-state index in [1.54, 1.807) is 45.4 Å². The molecule has 2 aliphatic rings. The molecular weight excluding hydrogens is 540 g/mol. The number of aromatic nitrogens is 2. The number of aryl methyl sites for hydroxylation is 2. The Morgan fingerprint density at radius 1 is 1.17 bits per heavy atom. The Labute approximate surface area is 246 Å². The van der Waals surface area contributed by atoms with E-state index in [1.807, 2.05) is 0 Å². The van der Waals surface area contributed by atoms with Crippen LogP contribution in [0.25, 0.3) is 0 Å². The monoisotopic (exact) mass is 588 g/mol. The van der Waals surface area contributed by atoms with Crippen molar-refractivity contribution < 1.29 is 17.9 Å². The van der Waals surface area contributed by atoms with Crippen molar-refractivity contribution in [2.24, 2.45) is 5.73 Å². The molecule has 2 fully saturated rings. The molecule has 2 N–H and O–H groups in total. The average molecular weight is 589 g/mol. The number of methoxy groups -OCH3 is 1. The van der Waals surface area contributed by atoms with E-state index in [1.165, 1.54) is 36.4 Å². The highest BCUT2D eigenvalue weighted by Gasteiger charge is 2.40. The van der Waals surface area contributed by atoms with Crippen LogP contribution in [-0.2, 0) is 10.0 Å². The number of likely N-dealkylation sites (tertiary alicyclic amines) is 1. The highest BCUT2D eigenvalue weighted by atomic mass is 32.2. The van der Waals surface area contributed by atoms with Crippen molar-refractivity contribution in [1.29, 1.82) is 0 Å². The summed E-state index contributed by atoms with van der Waals surface area (Å²) < 4.78 is 39.3. The second kappa shape index (κ2) is 13.3. The number of sulfonamides is 1. The van der Waals surface area contributed by atoms with E-state index in [-0.39, 0.29) is 25.2 Å². The molecule has 3 heterocycles. The molecule has 0 saturated carbocycles. The standard InChI is InChI=1S/C30H48N6O4S/c1-7-8-11-30(34(4)5)12-16-35(17-13-30)15-10-26(31)29-32-14-9-27(33-29)40-25-20-36(21-25)41(37,38)28-22(2)18-24(39-6)19-23(28)3/h9,14,18-19,25-26H,7-8,10-13,15-17,20-21,31H2,1-6H3. The molecule has 1 aromatic heterocycles. The van der Waals surface area contributed by atoms with E-state index >= 15 is 0 Å². The van der Waals surface area contributed by atoms with Crippen molar-refractivity contribution >= 4 is 10.0 Å². The summed E-state index contributed by atoms with van der Waals surface area (Å²) in [5, 5.41) is 0. The summed E-state index contributed by atoms with van der Waals surface area (Å²) in [7, 11) is 2.38. The molecule has 0 bridgehead atoms. The number of unbranched alkanes of at least 4 members (excludes halogenated alkanes) is 1. The van der Waals surface area contributed by atoms with Gasteiger partial charge in [0, 0.05) is 24.3 Å². The molecule has 2 aliphatic heterocycles. The highest BCUT2D eigenvalue weighted by molar-refractivity contribution is 7.89. The lowest BCUT2D eigenvalue weighted by Gasteiger charge is -2.46. The van der Waals surface area contributed by atoms with E-state index < -0.39 is 10.0 Å². The van der Waals surface area contributed by atoms with Crippen molar-refractivity contribution in [3.05, 3.63) is 41.3 Å². The van der Waals surface area contributed by atoms with Gasteiger partial charge < -0.3 is 25.0 Å². The molecule has 1 unspecified atom stereocenters. The van der Waals surface area contributed by atoms with Crippen molar-refractivity contribution in [2.45, 2.75) is 81.9 Å². The Hall–Kier alpha value is -2.31. The number of hydrogen-bond donors (Lipinski definition) is 1. The first kappa shape index (κ1) is 31.6. The van der Waals surface area contributed by atoms with Gasteiger partial charge in [-0.05, 0) is 90.0 Å². The first-order chi connectivity index (χ1) is 19.5. The van der Waals surface area contributed by atoms with Gasteiger partial charge >= 0.3 is 0 Å². The van der Waals surface area contributed by atoms with E-state index in [0.717, 1.165) is 26.1 Å². The van der Waals surface area contributed by atoms with Crippen LogP contribution in [-0.4, -0.2) is 98.1 Å². The quantitative estimate of drug-likeness (QED) is 0.375. The minimum absolute atomic E-state index is 0.264. The Bertz CT molecular complexity index is 1250. The molecule has 0 aliphatic carbocycles. The first-order valence-electron chi connectivity index (χ1n) is 14.8. The zero-order valence-corrected chi connectivity index (χ0v) is 26.4. The van der Waals surface area contributed by atoms with Crippen LogP contribution in [0.4, 0.5) is 0 Å². The average Bonchev–Trinajstić information content (AvgIpc) is 2.92. The third kappa shape index (κ3) is 7.19. The van der Waals surface area contributed by atoms with E-state index in [2.05, 4.69) is 40.8 Å². The van der Waals surface area contributed by atoms with Crippen molar-refractivity contribution in [3.63, 3.8) is 0 Å². The maximum absolute atomic E-state index is 13.3. The molecule has 0 amide bonds. The van der Waals surface area contributed by atoms with Crippen LogP contribution in [0.1, 0.15) is 68.4 Å². The van der Waals surface area contributed by atoms with Crippen LogP contribution in [0, 0.1) is 13.8 Å². The summed E-state index contributed by atoms with van der Waals surface area (Å²) in [6.45, 7) is 9.44. The number of nitrogens with zero attached hydrogens (tertiary/aromatic N) is 5. The van der Waals surface area contributed by atoms with Gasteiger partial charge in [0.1, 0.15) is 17.7 Å². The fourth-order valence-corrected chi connectivity index (χ4v) is 7.99. The van der Waals surface area contributed by atoms with Crippen molar-refractivity contribution in [3.8, 4) is 11.6 Å². The van der Waals surface area contributed by atoms with Gasteiger partial charge in [-0.2, -0.15) is 9.29 Å². The maximum Gasteiger partial charge on any atom is 0.243 e. The molecule has 2 aromatic rings. The maximum atomic E-state index is 13.3. The van der Waals surface area contributed by atoms with Gasteiger partial charge in [-0.1, -0.05) is 19.8 Å². The Morgan fingerprint density at radius 2 is 1.83 bits per heavy atom. The molecule has 4 rings (SSSR count). The van der Waals surface area contributed by atoms with Gasteiger partial charge in [0.25, 0.3) is 0 Å². The molecule has 228 valence electrons. The molecule has 11 heteroatoms. The summed E-state index contributed by atoms with van der Waals surface area (Å²) in [4.78, 5) is 14.2. The number of ether oxygens (including phenoxy) is 2. The first-order valence-corrected chi connectivity index (χ1v) is 16.2. The molecular formula is C30H48N6O4S. The Morgan fingerprint density at radius 3 is 2.41 bits per heavy atom. The van der Waals surface area contributed by atoms with E-state index in [4.69, 9.17) is 15.2 Å². The lowest BCUT2D eigenvalue weighted by atomic mass is 9.81. The smallest absolute Gasteiger partial charge is 0.243 e. The van der Waals surface area contributed by atoms with Crippen LogP contribution in [0.15, 0.2) is 29.3 Å². The summed E-state index contributed by atoms with van der Waals surface area (Å²) in [5.41, 5.74) is 8.15. The molecule has 1 aromatic carbocycles. The lowest BCUT2D eigenvalue weighted by Crippen LogP contribution is -2.56. The number of hydrogen-bond acceptors (Lipinski definition) is 9. The highest BCUT2D eigenvalue weighted by Crippen LogP contribution is 2.33. The predicted molar refractivity (Wildman–Crippen MR) is 161 cm³/mol. The molecule has 41 heavy (non-hydrogen) atoms. The van der Waals surface area contributed by atoms with Crippen LogP contribution in [0.3, 0.4) is 0 Å². The van der Waals surface area contributed by atoms with Crippen LogP contribution in [0.2, 0.25) is 0 Å². The van der Waals surface area contributed by atoms with Gasteiger partial charge in [0.15, 0.2) is 0 Å². The topological polar surface area (TPSA) is 114 Å². The number of piperidine rings is 1. The Kier molecular flexibility index (Phi) is 10.3. The SMILES string of the molecule is CCCCC1(N(C)C)CCN(CCC(N)c2nccc(OC3CN(S(=O)(=O)c4c(C)cc(OC)cc4C)C3)n2)CC1. The molecule has 0 radical (unpaired) electrons. The second-order valence-corrected chi connectivity index (χ2v) is 13.7. The summed E-state index contributed by atoms with van der Waals surface area (Å²) in [6.07, 6.45) is 8.28. The number of benzene rings is 1. The third-order valence-electron chi connectivity index (χ3n) is 8.84. The van der Waals surface area contributed by atoms with E-state index in [9.17, 15) is 8.42 Å².